The zero-order chi connectivity index (χ0) is 27.9. The first-order valence-corrected chi connectivity index (χ1v) is 13.4. The number of sulfonamides is 1. The predicted molar refractivity (Wildman–Crippen MR) is 141 cm³/mol. The summed E-state index contributed by atoms with van der Waals surface area (Å²) in [5.74, 6) is 0.758. The Balaban J connectivity index is 1.44. The molecule has 1 aliphatic rings. The van der Waals surface area contributed by atoms with Gasteiger partial charge in [-0.05, 0) is 48.4 Å². The van der Waals surface area contributed by atoms with Crippen LogP contribution >= 0.6 is 0 Å². The first-order chi connectivity index (χ1) is 18.5. The molecule has 204 valence electrons. The number of benzene rings is 2. The summed E-state index contributed by atoms with van der Waals surface area (Å²) in [6.45, 7) is 0.292. The molecule has 4 aromatic rings. The lowest BCUT2D eigenvalue weighted by Gasteiger charge is -2.20. The van der Waals surface area contributed by atoms with E-state index in [0.717, 1.165) is 12.1 Å². The largest absolute Gasteiger partial charge is 0.497 e. The van der Waals surface area contributed by atoms with Gasteiger partial charge in [-0.2, -0.15) is 13.2 Å². The minimum atomic E-state index is -4.48. The number of aryl methyl sites for hydroxylation is 1. The number of nitrogens with zero attached hydrogens (tertiary/aromatic N) is 4. The van der Waals surface area contributed by atoms with Gasteiger partial charge in [-0.15, -0.1) is 0 Å². The Morgan fingerprint density at radius 1 is 1.08 bits per heavy atom. The van der Waals surface area contributed by atoms with Crippen molar-refractivity contribution in [2.45, 2.75) is 17.8 Å². The third kappa shape index (κ3) is 4.89. The summed E-state index contributed by atoms with van der Waals surface area (Å²) in [7, 11) is -0.659. The van der Waals surface area contributed by atoms with E-state index in [1.54, 1.807) is 24.3 Å². The topological polar surface area (TPSA) is 106 Å². The van der Waals surface area contributed by atoms with Crippen molar-refractivity contribution < 1.29 is 26.3 Å². The standard InChI is InChI=1S/C26H24F3N5O4S/c1-33-15-32-23-21(16-3-5-17(6-4-16)26(27,28)29)14-31-24(22(23)25(33)35)30-13-20-11-12-34(39(20,36)37)18-7-9-19(38-2)10-8-18/h3-10,14-15,20H,11-13H2,1-2H3,(H,30,31). The van der Waals surface area contributed by atoms with Crippen molar-refractivity contribution in [3.8, 4) is 16.9 Å². The second-order valence-corrected chi connectivity index (χ2v) is 11.2. The van der Waals surface area contributed by atoms with E-state index in [1.807, 2.05) is 0 Å². The molecule has 0 saturated carbocycles. The third-order valence-corrected chi connectivity index (χ3v) is 8.96. The highest BCUT2D eigenvalue weighted by Crippen LogP contribution is 2.34. The molecule has 0 spiro atoms. The first-order valence-electron chi connectivity index (χ1n) is 11.9. The van der Waals surface area contributed by atoms with E-state index in [4.69, 9.17) is 4.74 Å². The summed E-state index contributed by atoms with van der Waals surface area (Å²) >= 11 is 0. The van der Waals surface area contributed by atoms with Crippen LogP contribution in [0.25, 0.3) is 22.0 Å². The average Bonchev–Trinajstić information content (AvgIpc) is 3.22. The monoisotopic (exact) mass is 559 g/mol. The molecule has 1 saturated heterocycles. The van der Waals surface area contributed by atoms with Gasteiger partial charge < -0.3 is 14.6 Å². The van der Waals surface area contributed by atoms with Crippen LogP contribution in [0.5, 0.6) is 5.75 Å². The number of nitrogens with one attached hydrogen (secondary N) is 1. The van der Waals surface area contributed by atoms with E-state index >= 15 is 0 Å². The summed E-state index contributed by atoms with van der Waals surface area (Å²) in [6.07, 6.45) is -1.40. The van der Waals surface area contributed by atoms with Crippen molar-refractivity contribution in [1.29, 1.82) is 0 Å². The minimum Gasteiger partial charge on any atom is -0.497 e. The Hall–Kier alpha value is -4.13. The Labute approximate surface area is 221 Å². The van der Waals surface area contributed by atoms with Crippen LogP contribution in [-0.2, 0) is 23.2 Å². The maximum absolute atomic E-state index is 13.3. The van der Waals surface area contributed by atoms with Crippen molar-refractivity contribution in [2.75, 3.05) is 29.8 Å². The summed E-state index contributed by atoms with van der Waals surface area (Å²) < 4.78 is 73.3. The highest BCUT2D eigenvalue weighted by molar-refractivity contribution is 7.93. The number of halogens is 3. The molecule has 1 aliphatic heterocycles. The second-order valence-electron chi connectivity index (χ2n) is 9.09. The number of aromatic nitrogens is 3. The Morgan fingerprint density at radius 2 is 1.77 bits per heavy atom. The van der Waals surface area contributed by atoms with E-state index in [1.165, 1.54) is 47.7 Å². The number of pyridine rings is 1. The summed E-state index contributed by atoms with van der Waals surface area (Å²) in [4.78, 5) is 21.8. The summed E-state index contributed by atoms with van der Waals surface area (Å²) in [6, 6.07) is 11.2. The molecular formula is C26H24F3N5O4S. The van der Waals surface area contributed by atoms with Crippen LogP contribution in [0.15, 0.2) is 65.8 Å². The molecule has 0 amide bonds. The van der Waals surface area contributed by atoms with Crippen molar-refractivity contribution in [1.82, 2.24) is 14.5 Å². The molecule has 3 heterocycles. The van der Waals surface area contributed by atoms with Gasteiger partial charge in [0, 0.05) is 31.9 Å². The number of fused-ring (bicyclic) bond motifs is 1. The lowest BCUT2D eigenvalue weighted by atomic mass is 10.0. The molecule has 1 fully saturated rings. The number of hydrogen-bond donors (Lipinski definition) is 1. The van der Waals surface area contributed by atoms with E-state index in [2.05, 4.69) is 15.3 Å². The van der Waals surface area contributed by atoms with Crippen LogP contribution in [0, 0.1) is 0 Å². The highest BCUT2D eigenvalue weighted by atomic mass is 32.2. The minimum absolute atomic E-state index is 0.00520. The third-order valence-electron chi connectivity index (χ3n) is 6.71. The molecule has 1 unspecified atom stereocenters. The zero-order valence-electron chi connectivity index (χ0n) is 20.9. The number of methoxy groups -OCH3 is 1. The summed E-state index contributed by atoms with van der Waals surface area (Å²) in [5, 5.41) is 2.35. The molecule has 9 nitrogen and oxygen atoms in total. The predicted octanol–water partition coefficient (Wildman–Crippen LogP) is 4.04. The highest BCUT2D eigenvalue weighted by Gasteiger charge is 2.39. The fourth-order valence-electron chi connectivity index (χ4n) is 4.56. The van der Waals surface area contributed by atoms with Gasteiger partial charge in [-0.25, -0.2) is 18.4 Å². The van der Waals surface area contributed by atoms with Gasteiger partial charge in [-0.1, -0.05) is 12.1 Å². The molecule has 1 N–H and O–H groups in total. The van der Waals surface area contributed by atoms with Crippen LogP contribution in [0.2, 0.25) is 0 Å². The Bertz CT molecular complexity index is 1690. The van der Waals surface area contributed by atoms with E-state index in [9.17, 15) is 26.4 Å². The second kappa shape index (κ2) is 9.88. The van der Waals surface area contributed by atoms with Gasteiger partial charge in [0.25, 0.3) is 5.56 Å². The van der Waals surface area contributed by atoms with Gasteiger partial charge in [0.2, 0.25) is 10.0 Å². The number of ether oxygens (including phenoxy) is 1. The molecule has 0 radical (unpaired) electrons. The normalized spacial score (nSPS) is 16.9. The number of alkyl halides is 3. The lowest BCUT2D eigenvalue weighted by molar-refractivity contribution is -0.137. The van der Waals surface area contributed by atoms with Gasteiger partial charge in [-0.3, -0.25) is 9.10 Å². The lowest BCUT2D eigenvalue weighted by Crippen LogP contribution is -2.33. The van der Waals surface area contributed by atoms with Gasteiger partial charge in [0.1, 0.15) is 17.0 Å². The van der Waals surface area contributed by atoms with Crippen LogP contribution < -0.4 is 19.9 Å². The van der Waals surface area contributed by atoms with Gasteiger partial charge in [0.05, 0.1) is 35.5 Å². The first kappa shape index (κ1) is 26.5. The number of hydrogen-bond acceptors (Lipinski definition) is 7. The van der Waals surface area contributed by atoms with E-state index < -0.39 is 32.6 Å². The van der Waals surface area contributed by atoms with Gasteiger partial charge in [0.15, 0.2) is 0 Å². The van der Waals surface area contributed by atoms with E-state index in [0.29, 0.717) is 35.5 Å². The van der Waals surface area contributed by atoms with Crippen molar-refractivity contribution in [2.24, 2.45) is 7.05 Å². The molecular weight excluding hydrogens is 535 g/mol. The quantitative estimate of drug-likeness (QED) is 0.380. The SMILES string of the molecule is COc1ccc(N2CCC(CNc3ncc(-c4ccc(C(F)(F)F)cc4)c4ncn(C)c(=O)c34)S2(=O)=O)cc1. The fraction of sp³-hybridized carbons (Fsp3) is 0.269. The molecule has 0 bridgehead atoms. The molecule has 1 atom stereocenters. The molecule has 2 aromatic carbocycles. The van der Waals surface area contributed by atoms with Crippen molar-refractivity contribution >= 4 is 32.4 Å². The molecule has 39 heavy (non-hydrogen) atoms. The van der Waals surface area contributed by atoms with Crippen molar-refractivity contribution in [3.63, 3.8) is 0 Å². The molecule has 0 aliphatic carbocycles. The zero-order valence-corrected chi connectivity index (χ0v) is 21.8. The average molecular weight is 560 g/mol. The van der Waals surface area contributed by atoms with Crippen LogP contribution in [0.4, 0.5) is 24.7 Å². The number of anilines is 2. The Morgan fingerprint density at radius 3 is 2.41 bits per heavy atom. The fourth-order valence-corrected chi connectivity index (χ4v) is 6.39. The van der Waals surface area contributed by atoms with Crippen LogP contribution in [-0.4, -0.2) is 48.4 Å². The van der Waals surface area contributed by atoms with Crippen LogP contribution in [0.3, 0.4) is 0 Å². The maximum Gasteiger partial charge on any atom is 0.416 e. The molecule has 5 rings (SSSR count). The number of rotatable bonds is 6. The molecule has 2 aromatic heterocycles. The smallest absolute Gasteiger partial charge is 0.416 e. The van der Waals surface area contributed by atoms with Crippen molar-refractivity contribution in [3.05, 3.63) is 77.0 Å². The van der Waals surface area contributed by atoms with E-state index in [-0.39, 0.29) is 23.3 Å². The maximum atomic E-state index is 13.3. The van der Waals surface area contributed by atoms with Crippen LogP contribution in [0.1, 0.15) is 12.0 Å². The molecule has 13 heteroatoms. The summed E-state index contributed by atoms with van der Waals surface area (Å²) in [5.41, 5.74) is 0.317. The van der Waals surface area contributed by atoms with Gasteiger partial charge >= 0.3 is 6.18 Å². The Kier molecular flexibility index (Phi) is 6.70.